The van der Waals surface area contributed by atoms with Crippen LogP contribution in [0.5, 0.6) is 0 Å². The van der Waals surface area contributed by atoms with Crippen molar-refractivity contribution in [3.05, 3.63) is 223 Å². The van der Waals surface area contributed by atoms with Crippen LogP contribution in [-0.4, -0.2) is 38.2 Å². The van der Waals surface area contributed by atoms with Gasteiger partial charge >= 0.3 is 0 Å². The molecule has 0 aliphatic heterocycles. The molecule has 12 heteroatoms. The molecule has 0 atom stereocenters. The van der Waals surface area contributed by atoms with E-state index in [4.69, 9.17) is 4.11 Å². The van der Waals surface area contributed by atoms with Gasteiger partial charge in [-0.1, -0.05) is 70.2 Å². The average Bonchev–Trinajstić information content (AvgIpc) is 2.11. The number of aromatic nitrogens is 12. The zero-order valence-electron chi connectivity index (χ0n) is 54.3. The molecule has 0 amide bonds. The Kier molecular flexibility index (Phi) is 15.5. The number of para-hydroxylation sites is 1. The molecule has 0 saturated carbocycles. The van der Waals surface area contributed by atoms with E-state index < -0.39 is 6.85 Å². The minimum atomic E-state index is -2.13. The lowest BCUT2D eigenvalue weighted by molar-refractivity contribution is -0.659. The van der Waals surface area contributed by atoms with E-state index in [-0.39, 0.29) is 0 Å². The molecule has 0 saturated heterocycles. The van der Waals surface area contributed by atoms with Crippen molar-refractivity contribution in [2.24, 2.45) is 49.3 Å². The van der Waals surface area contributed by atoms with Gasteiger partial charge in [-0.05, 0) is 135 Å². The van der Waals surface area contributed by atoms with Crippen LogP contribution >= 0.6 is 0 Å². The van der Waals surface area contributed by atoms with E-state index in [1.807, 2.05) is 79.6 Å². The van der Waals surface area contributed by atoms with Crippen molar-refractivity contribution in [1.29, 1.82) is 0 Å². The molecule has 8 aromatic heterocycles. The van der Waals surface area contributed by atoms with E-state index in [0.717, 1.165) is 44.4 Å². The maximum atomic E-state index is 7.66. The fourth-order valence-electron chi connectivity index (χ4n) is 11.9. The molecule has 12 nitrogen and oxygen atoms in total. The second-order valence-electron chi connectivity index (χ2n) is 22.6. The second kappa shape index (κ2) is 24.2. The Morgan fingerprint density at radius 1 is 0.405 bits per heavy atom. The third-order valence-electron chi connectivity index (χ3n) is 16.5. The van der Waals surface area contributed by atoms with Crippen molar-refractivity contribution in [3.63, 3.8) is 0 Å². The molecule has 0 radical (unpaired) electrons. The smallest absolute Gasteiger partial charge is 0.256 e. The Morgan fingerprint density at radius 3 is 1.08 bits per heavy atom. The summed E-state index contributed by atoms with van der Waals surface area (Å²) in [5.41, 5.74) is 18.2. The predicted molar refractivity (Wildman–Crippen MR) is 342 cm³/mol. The highest BCUT2D eigenvalue weighted by molar-refractivity contribution is 5.90. The van der Waals surface area contributed by atoms with E-state index in [1.165, 1.54) is 83.8 Å². The van der Waals surface area contributed by atoms with Gasteiger partial charge in [-0.2, -0.15) is 4.57 Å². The van der Waals surface area contributed by atoms with Gasteiger partial charge in [0, 0.05) is 68.4 Å². The number of pyridine rings is 4. The first-order valence-corrected chi connectivity index (χ1v) is 28.7. The minimum absolute atomic E-state index is 0.329. The number of fused-ring (bicyclic) bond motifs is 4. The van der Waals surface area contributed by atoms with Crippen LogP contribution in [0.1, 0.15) is 82.7 Å². The minimum Gasteiger partial charge on any atom is -0.256 e. The number of hydrogen-bond donors (Lipinski definition) is 0. The molecule has 0 bridgehead atoms. The van der Waals surface area contributed by atoms with Crippen LogP contribution in [-0.2, 0) is 49.3 Å². The van der Waals surface area contributed by atoms with Gasteiger partial charge in [-0.15, -0.1) is 0 Å². The van der Waals surface area contributed by atoms with Crippen LogP contribution in [0.4, 0.5) is 0 Å². The van der Waals surface area contributed by atoms with Crippen LogP contribution < -0.4 is 18.3 Å². The molecular formula is C72H80N12+4. The highest BCUT2D eigenvalue weighted by Gasteiger charge is 2.28. The number of benzene rings is 5. The first-order chi connectivity index (χ1) is 41.6. The molecule has 8 heterocycles. The zero-order valence-corrected chi connectivity index (χ0v) is 51.3. The molecular weight excluding hydrogens is 1030 g/mol. The summed E-state index contributed by atoms with van der Waals surface area (Å²) in [7, 11) is 14.1. The summed E-state index contributed by atoms with van der Waals surface area (Å²) in [4.78, 5) is 17.7. The number of rotatable bonds is 7. The van der Waals surface area contributed by atoms with Gasteiger partial charge in [0.05, 0.1) is 93.7 Å². The van der Waals surface area contributed by atoms with Crippen LogP contribution in [0.2, 0.25) is 0 Å². The fraction of sp³-hybridized carbons (Fsp3) is 0.250. The van der Waals surface area contributed by atoms with Gasteiger partial charge in [-0.25, -0.2) is 32.0 Å². The molecule has 424 valence electrons. The lowest BCUT2D eigenvalue weighted by atomic mass is 9.92. The summed E-state index contributed by atoms with van der Waals surface area (Å²) in [6, 6.07) is 39.9. The largest absolute Gasteiger partial charge is 0.294 e. The van der Waals surface area contributed by atoms with Crippen molar-refractivity contribution in [3.8, 4) is 51.2 Å². The Labute approximate surface area is 499 Å². The van der Waals surface area contributed by atoms with Crippen LogP contribution in [0.3, 0.4) is 0 Å². The molecule has 5 aromatic carbocycles. The summed E-state index contributed by atoms with van der Waals surface area (Å²) in [6.45, 7) is 15.5. The standard InChI is InChI=1S/C26H30N3.C16H18N3.2C15H16N3/c1-17(2)20-9-7-10-21(18(3)4)25(20)29-16-15-28(6)26(29)23-12-13-24-22(19(23)5)11-8-14-27-24;1-11-10-18(3)16(19(11)4)14-7-8-15-13(12(14)2)6-5-9-17-15;2*1-11-12-5-4-8-16-14(12)7-6-13(11)15-17(2)9-10-18(15)3/h7-18H,1-6H3;5-10H,1-4H3;2*4-10H,1-3H3/q4*+1/i;1D3;;. The van der Waals surface area contributed by atoms with Crippen molar-refractivity contribution in [2.75, 3.05) is 0 Å². The molecule has 13 rings (SSSR count). The maximum absolute atomic E-state index is 7.66. The molecule has 13 aromatic rings. The van der Waals surface area contributed by atoms with E-state index in [2.05, 4.69) is 241 Å². The molecule has 0 spiro atoms. The van der Waals surface area contributed by atoms with Gasteiger partial charge in [0.15, 0.2) is 0 Å². The monoisotopic (exact) mass is 1120 g/mol. The maximum Gasteiger partial charge on any atom is 0.294 e. The molecule has 0 fully saturated rings. The predicted octanol–water partition coefficient (Wildman–Crippen LogP) is 13.5. The van der Waals surface area contributed by atoms with E-state index in [1.54, 1.807) is 24.0 Å². The second-order valence-corrected chi connectivity index (χ2v) is 22.6. The van der Waals surface area contributed by atoms with E-state index >= 15 is 0 Å². The molecule has 0 unspecified atom stereocenters. The lowest BCUT2D eigenvalue weighted by Crippen LogP contribution is -2.29. The first-order valence-electron chi connectivity index (χ1n) is 30.2. The fourth-order valence-corrected chi connectivity index (χ4v) is 11.9. The highest BCUT2D eigenvalue weighted by Crippen LogP contribution is 2.36. The number of hydrogen-bond acceptors (Lipinski definition) is 4. The van der Waals surface area contributed by atoms with Crippen molar-refractivity contribution in [1.82, 2.24) is 38.2 Å². The van der Waals surface area contributed by atoms with Crippen molar-refractivity contribution in [2.45, 2.75) is 74.1 Å². The Bertz CT molecular complexity index is 4480. The summed E-state index contributed by atoms with van der Waals surface area (Å²) in [5, 5.41) is 4.73. The Balaban J connectivity index is 0.000000131. The summed E-state index contributed by atoms with van der Waals surface area (Å²) < 4.78 is 39.8. The van der Waals surface area contributed by atoms with Crippen molar-refractivity contribution >= 4 is 43.6 Å². The molecule has 0 aliphatic carbocycles. The third-order valence-corrected chi connectivity index (χ3v) is 16.5. The summed E-state index contributed by atoms with van der Waals surface area (Å²) in [6.07, 6.45) is 21.6. The number of imidazole rings is 4. The summed E-state index contributed by atoms with van der Waals surface area (Å²) in [5.74, 6) is 5.38. The zero-order chi connectivity index (χ0) is 62.2. The van der Waals surface area contributed by atoms with Crippen LogP contribution in [0, 0.1) is 34.5 Å². The Morgan fingerprint density at radius 2 is 0.750 bits per heavy atom. The van der Waals surface area contributed by atoms with Crippen molar-refractivity contribution < 1.29 is 22.4 Å². The topological polar surface area (TPSA) is 86.8 Å². The van der Waals surface area contributed by atoms with E-state index in [0.29, 0.717) is 17.5 Å². The highest BCUT2D eigenvalue weighted by atomic mass is 15.2. The number of nitrogens with zero attached hydrogens (tertiary/aromatic N) is 12. The first kappa shape index (κ1) is 53.9. The SMILES string of the molecule is Cc1c(-c2n(-c3c(C(C)C)cccc3C(C)C)cc[n+]2C)ccc2ncccc12.Cc1c(-c2n(C)cc[n+]2C)ccc2ncccc12.Cc1c(-c2n(C)cc[n+]2C)ccc2ncccc12.[2H]C([2H])([2H])c1c[n+](C)c(-c2ccc3ncccc3c2C)n1C. The molecule has 84 heavy (non-hydrogen) atoms. The molecule has 0 N–H and O–H groups in total. The van der Waals surface area contributed by atoms with Gasteiger partial charge in [-0.3, -0.25) is 19.9 Å². The van der Waals surface area contributed by atoms with Gasteiger partial charge in [0.25, 0.3) is 23.3 Å². The lowest BCUT2D eigenvalue weighted by Gasteiger charge is -2.18. The average molecular weight is 1120 g/mol. The molecule has 0 aliphatic rings. The number of aryl methyl sites for hydroxylation is 11. The summed E-state index contributed by atoms with van der Waals surface area (Å²) >= 11 is 0. The van der Waals surface area contributed by atoms with Crippen LogP contribution in [0.25, 0.3) is 94.9 Å². The van der Waals surface area contributed by atoms with Crippen LogP contribution in [0.15, 0.2) is 183 Å². The van der Waals surface area contributed by atoms with E-state index in [9.17, 15) is 0 Å². The normalized spacial score (nSPS) is 12.0. The quantitative estimate of drug-likeness (QED) is 0.149. The Hall–Kier alpha value is -9.42. The van der Waals surface area contributed by atoms with Gasteiger partial charge < -0.3 is 0 Å². The van der Waals surface area contributed by atoms with Gasteiger partial charge in [0.1, 0.15) is 54.8 Å². The van der Waals surface area contributed by atoms with Gasteiger partial charge in [0.2, 0.25) is 0 Å². The third kappa shape index (κ3) is 11.0.